The average molecular weight is 463 g/mol. The van der Waals surface area contributed by atoms with Crippen molar-refractivity contribution in [2.45, 2.75) is 31.3 Å². The molecule has 1 aromatic rings. The van der Waals surface area contributed by atoms with Crippen molar-refractivity contribution in [3.05, 3.63) is 34.9 Å². The van der Waals surface area contributed by atoms with Gasteiger partial charge in [-0.2, -0.15) is 0 Å². The van der Waals surface area contributed by atoms with Crippen LogP contribution < -0.4 is 5.32 Å². The molecular formula is C22H27ClN4O5. The molecule has 3 fully saturated rings. The molecule has 32 heavy (non-hydrogen) atoms. The quantitative estimate of drug-likeness (QED) is 0.507. The molecule has 10 heteroatoms. The Kier molecular flexibility index (Phi) is 6.13. The second kappa shape index (κ2) is 8.71. The van der Waals surface area contributed by atoms with E-state index in [0.29, 0.717) is 36.8 Å². The third kappa shape index (κ3) is 4.06. The molecule has 2 heterocycles. The van der Waals surface area contributed by atoms with Gasteiger partial charge in [-0.1, -0.05) is 29.8 Å². The number of hydrogen-bond donors (Lipinski definition) is 1. The van der Waals surface area contributed by atoms with E-state index in [0.717, 1.165) is 17.7 Å². The second-order valence-corrected chi connectivity index (χ2v) is 9.07. The van der Waals surface area contributed by atoms with Gasteiger partial charge in [-0.25, -0.2) is 9.59 Å². The van der Waals surface area contributed by atoms with E-state index in [1.54, 1.807) is 30.0 Å². The van der Waals surface area contributed by atoms with E-state index in [1.165, 1.54) is 7.11 Å². The molecule has 2 aliphatic heterocycles. The first-order chi connectivity index (χ1) is 15.3. The lowest BCUT2D eigenvalue weighted by atomic mass is 9.96. The van der Waals surface area contributed by atoms with Gasteiger partial charge in [0.2, 0.25) is 5.91 Å². The van der Waals surface area contributed by atoms with E-state index in [1.807, 2.05) is 11.0 Å². The van der Waals surface area contributed by atoms with Gasteiger partial charge in [-0.15, -0.1) is 0 Å². The maximum atomic E-state index is 12.9. The number of halogens is 1. The number of amides is 4. The molecule has 1 aromatic carbocycles. The Bertz CT molecular complexity index is 944. The molecule has 0 bridgehead atoms. The van der Waals surface area contributed by atoms with E-state index in [9.17, 15) is 19.2 Å². The molecule has 0 spiro atoms. The second-order valence-electron chi connectivity index (χ2n) is 8.66. The molecule has 4 rings (SSSR count). The lowest BCUT2D eigenvalue weighted by molar-refractivity contribution is -0.149. The van der Waals surface area contributed by atoms with Gasteiger partial charge < -0.3 is 15.0 Å². The summed E-state index contributed by atoms with van der Waals surface area (Å²) in [5.74, 6) is -0.902. The Morgan fingerprint density at radius 2 is 1.84 bits per heavy atom. The molecule has 2 atom stereocenters. The van der Waals surface area contributed by atoms with Gasteiger partial charge >= 0.3 is 12.0 Å². The third-order valence-corrected chi connectivity index (χ3v) is 6.99. The summed E-state index contributed by atoms with van der Waals surface area (Å²) in [4.78, 5) is 55.0. The number of benzene rings is 1. The molecule has 3 aliphatic rings. The zero-order valence-corrected chi connectivity index (χ0v) is 18.9. The number of ether oxygens (including phenoxy) is 1. The fraction of sp³-hybridized carbons (Fsp3) is 0.545. The average Bonchev–Trinajstić information content (AvgIpc) is 3.61. The Morgan fingerprint density at radius 1 is 1.19 bits per heavy atom. The Balaban J connectivity index is 1.39. The number of carbonyl (C=O) groups excluding carboxylic acids is 4. The van der Waals surface area contributed by atoms with Gasteiger partial charge in [0.1, 0.15) is 18.1 Å². The smallest absolute Gasteiger partial charge is 0.327 e. The van der Waals surface area contributed by atoms with Crippen molar-refractivity contribution in [1.29, 1.82) is 0 Å². The highest BCUT2D eigenvalue weighted by Gasteiger charge is 2.56. The minimum absolute atomic E-state index is 0.141. The summed E-state index contributed by atoms with van der Waals surface area (Å²) in [7, 11) is 1.33. The van der Waals surface area contributed by atoms with Crippen LogP contribution in [0.15, 0.2) is 24.3 Å². The first kappa shape index (κ1) is 22.5. The highest BCUT2D eigenvalue weighted by atomic mass is 35.5. The summed E-state index contributed by atoms with van der Waals surface area (Å²) < 4.78 is 5.00. The minimum atomic E-state index is -0.904. The number of methoxy groups -OCH3 is 1. The van der Waals surface area contributed by atoms with Crippen LogP contribution in [0.5, 0.6) is 0 Å². The first-order valence-electron chi connectivity index (χ1n) is 10.7. The van der Waals surface area contributed by atoms with E-state index in [4.69, 9.17) is 16.3 Å². The molecule has 0 radical (unpaired) electrons. The molecule has 1 aliphatic carbocycles. The number of urea groups is 1. The molecule has 1 N–H and O–H groups in total. The van der Waals surface area contributed by atoms with Crippen LogP contribution in [0.25, 0.3) is 0 Å². The van der Waals surface area contributed by atoms with Gasteiger partial charge in [0.25, 0.3) is 5.91 Å². The van der Waals surface area contributed by atoms with Crippen LogP contribution >= 0.6 is 11.6 Å². The predicted molar refractivity (Wildman–Crippen MR) is 116 cm³/mol. The number of nitrogens with zero attached hydrogens (tertiary/aromatic N) is 3. The van der Waals surface area contributed by atoms with Crippen molar-refractivity contribution in [3.8, 4) is 0 Å². The van der Waals surface area contributed by atoms with E-state index in [2.05, 4.69) is 5.32 Å². The molecule has 4 amide bonds. The summed E-state index contributed by atoms with van der Waals surface area (Å²) in [6.07, 6.45) is 1.80. The number of imide groups is 1. The fourth-order valence-corrected chi connectivity index (χ4v) is 4.78. The van der Waals surface area contributed by atoms with Crippen LogP contribution in [0.4, 0.5) is 4.79 Å². The van der Waals surface area contributed by atoms with Crippen molar-refractivity contribution in [2.24, 2.45) is 5.92 Å². The van der Waals surface area contributed by atoms with Crippen LogP contribution in [0, 0.1) is 5.92 Å². The standard InChI is InChI=1S/C22H27ClN4O5/c1-22(14-7-8-14)20(30)27(21(31)24-22)13-17(28)25-9-11-26(12-10-25)18(19(29)32-2)15-5-3-4-6-16(15)23/h3-6,14,18H,7-13H2,1-2H3,(H,24,31). The largest absolute Gasteiger partial charge is 0.468 e. The summed E-state index contributed by atoms with van der Waals surface area (Å²) >= 11 is 6.32. The van der Waals surface area contributed by atoms with Crippen molar-refractivity contribution < 1.29 is 23.9 Å². The number of hydrogen-bond acceptors (Lipinski definition) is 6. The monoisotopic (exact) mass is 462 g/mol. The number of piperazine rings is 1. The normalized spacial score (nSPS) is 25.0. The van der Waals surface area contributed by atoms with Crippen LogP contribution in [0.1, 0.15) is 31.4 Å². The van der Waals surface area contributed by atoms with E-state index < -0.39 is 23.6 Å². The zero-order chi connectivity index (χ0) is 23.0. The third-order valence-electron chi connectivity index (χ3n) is 6.64. The van der Waals surface area contributed by atoms with Crippen molar-refractivity contribution >= 4 is 35.4 Å². The Morgan fingerprint density at radius 3 is 2.44 bits per heavy atom. The highest BCUT2D eigenvalue weighted by molar-refractivity contribution is 6.31. The van der Waals surface area contributed by atoms with Gasteiger partial charge in [0, 0.05) is 31.2 Å². The van der Waals surface area contributed by atoms with E-state index in [-0.39, 0.29) is 24.3 Å². The maximum absolute atomic E-state index is 12.9. The van der Waals surface area contributed by atoms with Crippen molar-refractivity contribution in [1.82, 2.24) is 20.0 Å². The van der Waals surface area contributed by atoms with Crippen LogP contribution in [-0.4, -0.2) is 83.9 Å². The Hall–Kier alpha value is -2.65. The lowest BCUT2D eigenvalue weighted by Crippen LogP contribution is -2.53. The molecule has 2 saturated heterocycles. The van der Waals surface area contributed by atoms with Gasteiger partial charge in [0.05, 0.1) is 7.11 Å². The molecule has 2 unspecified atom stereocenters. The van der Waals surface area contributed by atoms with Crippen LogP contribution in [0.3, 0.4) is 0 Å². The maximum Gasteiger partial charge on any atom is 0.327 e. The summed E-state index contributed by atoms with van der Waals surface area (Å²) in [5.41, 5.74) is -0.252. The summed E-state index contributed by atoms with van der Waals surface area (Å²) in [6, 6.07) is 5.93. The van der Waals surface area contributed by atoms with Gasteiger partial charge in [-0.05, 0) is 37.3 Å². The van der Waals surface area contributed by atoms with Gasteiger partial charge in [-0.3, -0.25) is 19.4 Å². The first-order valence-corrected chi connectivity index (χ1v) is 11.1. The summed E-state index contributed by atoms with van der Waals surface area (Å²) in [6.45, 7) is 3.03. The molecular weight excluding hydrogens is 436 g/mol. The van der Waals surface area contributed by atoms with Crippen molar-refractivity contribution in [3.63, 3.8) is 0 Å². The van der Waals surface area contributed by atoms with Crippen LogP contribution in [0.2, 0.25) is 5.02 Å². The van der Waals surface area contributed by atoms with E-state index >= 15 is 0 Å². The predicted octanol–water partition coefficient (Wildman–Crippen LogP) is 1.42. The highest BCUT2D eigenvalue weighted by Crippen LogP contribution is 2.42. The molecule has 9 nitrogen and oxygen atoms in total. The number of rotatable bonds is 6. The van der Waals surface area contributed by atoms with Gasteiger partial charge in [0.15, 0.2) is 0 Å². The topological polar surface area (TPSA) is 99.3 Å². The molecule has 1 saturated carbocycles. The fourth-order valence-electron chi connectivity index (χ4n) is 4.54. The molecule has 0 aromatic heterocycles. The molecule has 172 valence electrons. The lowest BCUT2D eigenvalue weighted by Gasteiger charge is -2.38. The summed E-state index contributed by atoms with van der Waals surface area (Å²) in [5, 5.41) is 3.23. The van der Waals surface area contributed by atoms with Crippen LogP contribution in [-0.2, 0) is 19.1 Å². The number of esters is 1. The van der Waals surface area contributed by atoms with Crippen molar-refractivity contribution in [2.75, 3.05) is 39.8 Å². The number of nitrogens with one attached hydrogen (secondary N) is 1. The SMILES string of the molecule is COC(=O)C(c1ccccc1Cl)N1CCN(C(=O)CN2C(=O)NC(C)(C3CC3)C2=O)CC1. The number of carbonyl (C=O) groups is 4. The Labute approximate surface area is 191 Å². The minimum Gasteiger partial charge on any atom is -0.468 e. The zero-order valence-electron chi connectivity index (χ0n) is 18.2.